The summed E-state index contributed by atoms with van der Waals surface area (Å²) >= 11 is 0. The van der Waals surface area contributed by atoms with Crippen molar-refractivity contribution >= 4 is 12.0 Å². The third-order valence-electron chi connectivity index (χ3n) is 5.13. The summed E-state index contributed by atoms with van der Waals surface area (Å²) in [7, 11) is 1.70. The number of nitriles is 1. The summed E-state index contributed by atoms with van der Waals surface area (Å²) in [5.74, 6) is -0.301. The normalized spacial score (nSPS) is 11.4. The van der Waals surface area contributed by atoms with Crippen LogP contribution in [0, 0.1) is 25.2 Å². The van der Waals surface area contributed by atoms with Gasteiger partial charge in [-0.1, -0.05) is 25.1 Å². The Balaban J connectivity index is 1.76. The molecule has 1 amide bonds. The molecule has 6 heteroatoms. The van der Waals surface area contributed by atoms with Crippen LogP contribution < -0.4 is 0 Å². The van der Waals surface area contributed by atoms with E-state index in [2.05, 4.69) is 22.7 Å². The number of para-hydroxylation sites is 1. The van der Waals surface area contributed by atoms with Crippen molar-refractivity contribution in [1.29, 1.82) is 5.26 Å². The molecule has 6 nitrogen and oxygen atoms in total. The van der Waals surface area contributed by atoms with Gasteiger partial charge in [-0.2, -0.15) is 10.4 Å². The number of hydrogen-bond donors (Lipinski definition) is 0. The van der Waals surface area contributed by atoms with Crippen molar-refractivity contribution in [2.24, 2.45) is 0 Å². The maximum Gasteiger partial charge on any atom is 0.264 e. The molecular formula is C24H27N5O. The Morgan fingerprint density at radius 1 is 1.27 bits per heavy atom. The van der Waals surface area contributed by atoms with Crippen molar-refractivity contribution in [3.05, 3.63) is 76.9 Å². The van der Waals surface area contributed by atoms with E-state index in [-0.39, 0.29) is 11.5 Å². The van der Waals surface area contributed by atoms with Gasteiger partial charge in [0.15, 0.2) is 0 Å². The fraction of sp³-hybridized carbons (Fsp3) is 0.292. The van der Waals surface area contributed by atoms with Gasteiger partial charge < -0.3 is 9.47 Å². The summed E-state index contributed by atoms with van der Waals surface area (Å²) < 4.78 is 3.99. The highest BCUT2D eigenvalue weighted by Crippen LogP contribution is 2.20. The van der Waals surface area contributed by atoms with Gasteiger partial charge >= 0.3 is 0 Å². The molecule has 0 bridgehead atoms. The molecule has 1 aromatic carbocycles. The predicted molar refractivity (Wildman–Crippen MR) is 118 cm³/mol. The number of hydrogen-bond acceptors (Lipinski definition) is 3. The minimum atomic E-state index is -0.301. The monoisotopic (exact) mass is 401 g/mol. The molecule has 2 aromatic heterocycles. The summed E-state index contributed by atoms with van der Waals surface area (Å²) in [5, 5.41) is 14.0. The van der Waals surface area contributed by atoms with Crippen LogP contribution in [-0.2, 0) is 17.9 Å². The lowest BCUT2D eigenvalue weighted by Gasteiger charge is -2.15. The minimum absolute atomic E-state index is 0.129. The Hall–Kier alpha value is -3.59. The molecule has 0 N–H and O–H groups in total. The highest BCUT2D eigenvalue weighted by atomic mass is 16.2. The van der Waals surface area contributed by atoms with Gasteiger partial charge in [0.2, 0.25) is 0 Å². The first kappa shape index (κ1) is 21.1. The summed E-state index contributed by atoms with van der Waals surface area (Å²) in [6.07, 6.45) is 6.36. The summed E-state index contributed by atoms with van der Waals surface area (Å²) in [5.41, 5.74) is 5.10. The Labute approximate surface area is 177 Å². The molecule has 154 valence electrons. The Kier molecular flexibility index (Phi) is 6.53. The molecule has 3 aromatic rings. The predicted octanol–water partition coefficient (Wildman–Crippen LogP) is 4.27. The van der Waals surface area contributed by atoms with E-state index in [4.69, 9.17) is 0 Å². The van der Waals surface area contributed by atoms with E-state index in [1.54, 1.807) is 28.9 Å². The quantitative estimate of drug-likeness (QED) is 0.439. The second-order valence-corrected chi connectivity index (χ2v) is 7.44. The number of nitrogens with zero attached hydrogens (tertiary/aromatic N) is 5. The van der Waals surface area contributed by atoms with Crippen molar-refractivity contribution in [3.63, 3.8) is 0 Å². The number of benzene rings is 1. The van der Waals surface area contributed by atoms with Gasteiger partial charge in [0.1, 0.15) is 11.6 Å². The third-order valence-corrected chi connectivity index (χ3v) is 5.13. The van der Waals surface area contributed by atoms with Crippen LogP contribution in [0.4, 0.5) is 0 Å². The summed E-state index contributed by atoms with van der Waals surface area (Å²) in [6.45, 7) is 7.50. The van der Waals surface area contributed by atoms with Crippen LogP contribution in [0.2, 0.25) is 0 Å². The molecular weight excluding hydrogens is 374 g/mol. The van der Waals surface area contributed by atoms with Crippen molar-refractivity contribution in [2.75, 3.05) is 7.05 Å². The zero-order valence-corrected chi connectivity index (χ0v) is 18.0. The summed E-state index contributed by atoms with van der Waals surface area (Å²) in [6, 6.07) is 13.9. The topological polar surface area (TPSA) is 66.8 Å². The number of carbonyl (C=O) groups is 1. The van der Waals surface area contributed by atoms with Gasteiger partial charge in [-0.25, -0.2) is 4.68 Å². The first-order valence-electron chi connectivity index (χ1n) is 10.1. The third kappa shape index (κ3) is 4.52. The van der Waals surface area contributed by atoms with E-state index in [1.807, 2.05) is 56.4 Å². The van der Waals surface area contributed by atoms with Gasteiger partial charge in [0.25, 0.3) is 5.91 Å². The van der Waals surface area contributed by atoms with Crippen LogP contribution in [0.1, 0.15) is 35.9 Å². The Morgan fingerprint density at radius 3 is 2.67 bits per heavy atom. The molecule has 0 radical (unpaired) electrons. The van der Waals surface area contributed by atoms with Crippen LogP contribution in [0.5, 0.6) is 0 Å². The number of carbonyl (C=O) groups excluding carboxylic acids is 1. The number of aromatic nitrogens is 3. The molecule has 0 saturated carbocycles. The number of aryl methyl sites for hydroxylation is 1. The minimum Gasteiger partial charge on any atom is -0.349 e. The number of rotatable bonds is 7. The number of amides is 1. The van der Waals surface area contributed by atoms with Crippen LogP contribution in [0.3, 0.4) is 0 Å². The molecule has 0 fully saturated rings. The van der Waals surface area contributed by atoms with Crippen molar-refractivity contribution in [1.82, 2.24) is 19.2 Å². The molecule has 0 saturated heterocycles. The van der Waals surface area contributed by atoms with Crippen LogP contribution in [0.15, 0.2) is 54.4 Å². The fourth-order valence-electron chi connectivity index (χ4n) is 3.55. The Morgan fingerprint density at radius 2 is 2.00 bits per heavy atom. The standard InChI is InChI=1S/C24H27N5O/c1-5-11-28-18(2)12-21(19(28)3)13-22(14-25)24(30)27(4)16-20-15-26-29(17-20)23-9-7-6-8-10-23/h6-10,12-13,15,17H,5,11,16H2,1-4H3/b22-13+. The van der Waals surface area contributed by atoms with E-state index in [9.17, 15) is 10.1 Å². The zero-order chi connectivity index (χ0) is 21.7. The van der Waals surface area contributed by atoms with E-state index in [1.165, 1.54) is 0 Å². The molecule has 0 aliphatic carbocycles. The van der Waals surface area contributed by atoms with E-state index >= 15 is 0 Å². The van der Waals surface area contributed by atoms with Crippen LogP contribution >= 0.6 is 0 Å². The fourth-order valence-corrected chi connectivity index (χ4v) is 3.55. The second kappa shape index (κ2) is 9.27. The highest BCUT2D eigenvalue weighted by molar-refractivity contribution is 6.01. The van der Waals surface area contributed by atoms with E-state index < -0.39 is 0 Å². The van der Waals surface area contributed by atoms with Gasteiger partial charge in [0.05, 0.1) is 11.9 Å². The molecule has 30 heavy (non-hydrogen) atoms. The zero-order valence-electron chi connectivity index (χ0n) is 18.0. The molecule has 3 rings (SSSR count). The molecule has 0 atom stereocenters. The SMILES string of the molecule is CCCn1c(C)cc(/C=C(\C#N)C(=O)N(C)Cc2cnn(-c3ccccc3)c2)c1C. The molecule has 0 aliphatic heterocycles. The van der Waals surface area contributed by atoms with E-state index in [0.29, 0.717) is 6.54 Å². The van der Waals surface area contributed by atoms with Gasteiger partial charge in [-0.15, -0.1) is 0 Å². The van der Waals surface area contributed by atoms with Crippen molar-refractivity contribution in [2.45, 2.75) is 40.3 Å². The maximum atomic E-state index is 12.9. The number of likely N-dealkylation sites (N-methyl/N-ethyl adjacent to an activating group) is 1. The maximum absolute atomic E-state index is 12.9. The smallest absolute Gasteiger partial charge is 0.264 e. The molecule has 0 spiro atoms. The first-order chi connectivity index (χ1) is 14.4. The second-order valence-electron chi connectivity index (χ2n) is 7.44. The lowest BCUT2D eigenvalue weighted by molar-refractivity contribution is -0.125. The highest BCUT2D eigenvalue weighted by Gasteiger charge is 2.17. The molecule has 2 heterocycles. The first-order valence-corrected chi connectivity index (χ1v) is 10.1. The van der Waals surface area contributed by atoms with E-state index in [0.717, 1.165) is 41.2 Å². The van der Waals surface area contributed by atoms with Gasteiger partial charge in [-0.05, 0) is 50.1 Å². The summed E-state index contributed by atoms with van der Waals surface area (Å²) in [4.78, 5) is 14.4. The molecule has 0 unspecified atom stereocenters. The lowest BCUT2D eigenvalue weighted by Crippen LogP contribution is -2.27. The van der Waals surface area contributed by atoms with Crippen molar-refractivity contribution in [3.8, 4) is 11.8 Å². The largest absolute Gasteiger partial charge is 0.349 e. The van der Waals surface area contributed by atoms with Crippen LogP contribution in [0.25, 0.3) is 11.8 Å². The molecule has 0 aliphatic rings. The Bertz CT molecular complexity index is 1100. The van der Waals surface area contributed by atoms with Crippen molar-refractivity contribution < 1.29 is 4.79 Å². The lowest BCUT2D eigenvalue weighted by atomic mass is 10.1. The average Bonchev–Trinajstić information content (AvgIpc) is 3.32. The van der Waals surface area contributed by atoms with Crippen LogP contribution in [-0.4, -0.2) is 32.2 Å². The average molecular weight is 402 g/mol. The van der Waals surface area contributed by atoms with Gasteiger partial charge in [-0.3, -0.25) is 4.79 Å². The van der Waals surface area contributed by atoms with Gasteiger partial charge in [0, 0.05) is 43.3 Å².